The van der Waals surface area contributed by atoms with E-state index in [0.29, 0.717) is 48.3 Å². The highest BCUT2D eigenvalue weighted by molar-refractivity contribution is 6.39. The van der Waals surface area contributed by atoms with Crippen LogP contribution in [0.5, 0.6) is 17.2 Å². The van der Waals surface area contributed by atoms with E-state index in [0.717, 1.165) is 28.9 Å². The van der Waals surface area contributed by atoms with Gasteiger partial charge in [-0.1, -0.05) is 49.2 Å². The Morgan fingerprint density at radius 1 is 0.872 bits per heavy atom. The molecule has 0 aliphatic carbocycles. The largest absolute Gasteiger partial charge is 0.494 e. The van der Waals surface area contributed by atoms with Gasteiger partial charge in [0.1, 0.15) is 17.9 Å². The molecule has 0 bridgehead atoms. The zero-order chi connectivity index (χ0) is 27.8. The van der Waals surface area contributed by atoms with Gasteiger partial charge in [0.05, 0.1) is 18.9 Å². The number of urea groups is 1. The highest BCUT2D eigenvalue weighted by Crippen LogP contribution is 2.31. The average Bonchev–Trinajstić information content (AvgIpc) is 2.92. The highest BCUT2D eigenvalue weighted by atomic mass is 16.5. The van der Waals surface area contributed by atoms with Gasteiger partial charge in [-0.2, -0.15) is 0 Å². The average molecular weight is 529 g/mol. The number of rotatable bonds is 11. The summed E-state index contributed by atoms with van der Waals surface area (Å²) in [6, 6.07) is 19.0. The van der Waals surface area contributed by atoms with Gasteiger partial charge < -0.3 is 14.2 Å². The number of carbonyl (C=O) groups excluding carboxylic acids is 3. The predicted molar refractivity (Wildman–Crippen MR) is 149 cm³/mol. The molecule has 3 aromatic carbocycles. The number of nitrogens with zero attached hydrogens (tertiary/aromatic N) is 1. The van der Waals surface area contributed by atoms with Crippen LogP contribution in [0.2, 0.25) is 0 Å². The number of benzene rings is 3. The van der Waals surface area contributed by atoms with Crippen molar-refractivity contribution in [3.05, 3.63) is 89.0 Å². The van der Waals surface area contributed by atoms with Gasteiger partial charge in [0.25, 0.3) is 11.8 Å². The highest BCUT2D eigenvalue weighted by Gasteiger charge is 2.36. The van der Waals surface area contributed by atoms with Crippen LogP contribution in [0, 0.1) is 6.92 Å². The Morgan fingerprint density at radius 3 is 2.38 bits per heavy atom. The van der Waals surface area contributed by atoms with Gasteiger partial charge in [-0.15, -0.1) is 0 Å². The summed E-state index contributed by atoms with van der Waals surface area (Å²) in [5, 5.41) is 2.25. The van der Waals surface area contributed by atoms with Gasteiger partial charge in [-0.05, 0) is 73.9 Å². The van der Waals surface area contributed by atoms with Crippen molar-refractivity contribution < 1.29 is 28.6 Å². The maximum Gasteiger partial charge on any atom is 0.335 e. The molecule has 0 radical (unpaired) electrons. The first-order chi connectivity index (χ1) is 18.9. The Kier molecular flexibility index (Phi) is 8.99. The van der Waals surface area contributed by atoms with Gasteiger partial charge in [0.15, 0.2) is 11.5 Å². The second-order valence-electron chi connectivity index (χ2n) is 9.07. The first-order valence-corrected chi connectivity index (χ1v) is 13.0. The van der Waals surface area contributed by atoms with Crippen molar-refractivity contribution in [1.82, 2.24) is 5.32 Å². The molecule has 0 unspecified atom stereocenters. The molecule has 202 valence electrons. The van der Waals surface area contributed by atoms with Crippen molar-refractivity contribution in [2.45, 2.75) is 40.2 Å². The minimum atomic E-state index is -0.809. The molecule has 1 saturated heterocycles. The van der Waals surface area contributed by atoms with Crippen LogP contribution in [-0.4, -0.2) is 31.1 Å². The van der Waals surface area contributed by atoms with Crippen molar-refractivity contribution in [2.75, 3.05) is 18.1 Å². The van der Waals surface area contributed by atoms with Crippen LogP contribution in [0.4, 0.5) is 10.5 Å². The van der Waals surface area contributed by atoms with Crippen LogP contribution < -0.4 is 24.4 Å². The molecular weight excluding hydrogens is 496 g/mol. The fraction of sp³-hybridized carbons (Fsp3) is 0.258. The topological polar surface area (TPSA) is 94.2 Å². The minimum absolute atomic E-state index is 0.172. The van der Waals surface area contributed by atoms with E-state index in [2.05, 4.69) is 12.2 Å². The predicted octanol–water partition coefficient (Wildman–Crippen LogP) is 5.82. The lowest BCUT2D eigenvalue weighted by Crippen LogP contribution is -2.54. The maximum atomic E-state index is 13.3. The fourth-order valence-electron chi connectivity index (χ4n) is 4.05. The van der Waals surface area contributed by atoms with E-state index in [1.165, 1.54) is 6.08 Å². The molecule has 0 atom stereocenters. The number of nitrogens with one attached hydrogen (secondary N) is 1. The normalized spacial score (nSPS) is 14.4. The van der Waals surface area contributed by atoms with Crippen molar-refractivity contribution in [3.8, 4) is 17.2 Å². The molecule has 1 fully saturated rings. The van der Waals surface area contributed by atoms with Gasteiger partial charge >= 0.3 is 6.03 Å². The molecule has 8 nitrogen and oxygen atoms in total. The molecule has 0 aromatic heterocycles. The number of barbiturate groups is 1. The first-order valence-electron chi connectivity index (χ1n) is 13.0. The molecule has 3 aromatic rings. The number of aryl methyl sites for hydroxylation is 1. The maximum absolute atomic E-state index is 13.3. The Morgan fingerprint density at radius 2 is 1.67 bits per heavy atom. The molecule has 0 saturated carbocycles. The number of ether oxygens (including phenoxy) is 3. The Balaban J connectivity index is 1.55. The lowest BCUT2D eigenvalue weighted by atomic mass is 10.1. The van der Waals surface area contributed by atoms with E-state index in [-0.39, 0.29) is 5.57 Å². The van der Waals surface area contributed by atoms with Crippen LogP contribution in [0.25, 0.3) is 6.08 Å². The third-order valence-corrected chi connectivity index (χ3v) is 6.02. The number of imide groups is 2. The van der Waals surface area contributed by atoms with Gasteiger partial charge in [0.2, 0.25) is 0 Å². The summed E-state index contributed by atoms with van der Waals surface area (Å²) in [6.45, 7) is 7.30. The third-order valence-electron chi connectivity index (χ3n) is 6.02. The smallest absolute Gasteiger partial charge is 0.335 e. The molecule has 0 spiro atoms. The second kappa shape index (κ2) is 12.8. The Bertz CT molecular complexity index is 1380. The lowest BCUT2D eigenvalue weighted by molar-refractivity contribution is -0.122. The van der Waals surface area contributed by atoms with Crippen LogP contribution in [-0.2, 0) is 16.2 Å². The third kappa shape index (κ3) is 6.84. The number of hydrogen-bond donors (Lipinski definition) is 1. The molecule has 1 aliphatic heterocycles. The minimum Gasteiger partial charge on any atom is -0.494 e. The van der Waals surface area contributed by atoms with Gasteiger partial charge in [0, 0.05) is 0 Å². The summed E-state index contributed by atoms with van der Waals surface area (Å²) >= 11 is 0. The second-order valence-corrected chi connectivity index (χ2v) is 9.07. The van der Waals surface area contributed by atoms with E-state index in [1.54, 1.807) is 42.5 Å². The summed E-state index contributed by atoms with van der Waals surface area (Å²) in [5.41, 5.74) is 2.87. The van der Waals surface area contributed by atoms with E-state index < -0.39 is 17.8 Å². The molecule has 1 heterocycles. The lowest BCUT2D eigenvalue weighted by Gasteiger charge is -2.26. The quantitative estimate of drug-likeness (QED) is 0.192. The molecule has 4 rings (SSSR count). The Labute approximate surface area is 228 Å². The number of hydrogen-bond acceptors (Lipinski definition) is 6. The SMILES string of the molecule is CCCCOc1ccc(N2C(=O)NC(=O)/C(=C/c3ccc(OCc4cccc(C)c4)c(OCC)c3)C2=O)cc1. The number of amides is 4. The summed E-state index contributed by atoms with van der Waals surface area (Å²) < 4.78 is 17.4. The number of anilines is 1. The first kappa shape index (κ1) is 27.4. The van der Waals surface area contributed by atoms with Crippen LogP contribution >= 0.6 is 0 Å². The van der Waals surface area contributed by atoms with Crippen LogP contribution in [0.3, 0.4) is 0 Å². The van der Waals surface area contributed by atoms with E-state index in [9.17, 15) is 14.4 Å². The molecule has 1 N–H and O–H groups in total. The van der Waals surface area contributed by atoms with Crippen molar-refractivity contribution in [3.63, 3.8) is 0 Å². The molecule has 4 amide bonds. The summed E-state index contributed by atoms with van der Waals surface area (Å²) in [7, 11) is 0. The Hall–Kier alpha value is -4.59. The number of unbranched alkanes of at least 4 members (excludes halogenated alkanes) is 1. The van der Waals surface area contributed by atoms with Gasteiger partial charge in [-0.25, -0.2) is 9.69 Å². The van der Waals surface area contributed by atoms with Crippen LogP contribution in [0.1, 0.15) is 43.4 Å². The monoisotopic (exact) mass is 528 g/mol. The zero-order valence-electron chi connectivity index (χ0n) is 22.4. The zero-order valence-corrected chi connectivity index (χ0v) is 22.4. The standard InChI is InChI=1S/C31H32N2O6/c1-4-6-16-38-25-13-11-24(12-14-25)33-30(35)26(29(34)32-31(33)36)18-22-10-15-27(28(19-22)37-5-2)39-20-23-9-7-8-21(3)17-23/h7-15,17-19H,4-6,16,20H2,1-3H3,(H,32,34,36)/b26-18-. The molecule has 39 heavy (non-hydrogen) atoms. The van der Waals surface area contributed by atoms with Crippen molar-refractivity contribution >= 4 is 29.6 Å². The van der Waals surface area contributed by atoms with E-state index in [4.69, 9.17) is 14.2 Å². The molecular formula is C31H32N2O6. The summed E-state index contributed by atoms with van der Waals surface area (Å²) in [6.07, 6.45) is 3.38. The van der Waals surface area contributed by atoms with E-state index >= 15 is 0 Å². The van der Waals surface area contributed by atoms with Gasteiger partial charge in [-0.3, -0.25) is 14.9 Å². The fourth-order valence-corrected chi connectivity index (χ4v) is 4.05. The van der Waals surface area contributed by atoms with Crippen LogP contribution in [0.15, 0.2) is 72.3 Å². The molecule has 1 aliphatic rings. The molecule has 8 heteroatoms. The van der Waals surface area contributed by atoms with Crippen molar-refractivity contribution in [2.24, 2.45) is 0 Å². The number of carbonyl (C=O) groups is 3. The summed E-state index contributed by atoms with van der Waals surface area (Å²) in [5.74, 6) is 0.171. The van der Waals surface area contributed by atoms with E-state index in [1.807, 2.05) is 38.1 Å². The van der Waals surface area contributed by atoms with Crippen molar-refractivity contribution in [1.29, 1.82) is 0 Å². The summed E-state index contributed by atoms with van der Waals surface area (Å²) in [4.78, 5) is 39.5.